The highest BCUT2D eigenvalue weighted by molar-refractivity contribution is 5.89. The van der Waals surface area contributed by atoms with Crippen LogP contribution in [0.4, 0.5) is 0 Å². The van der Waals surface area contributed by atoms with Crippen LogP contribution in [0.2, 0.25) is 0 Å². The number of nitrogens with one attached hydrogen (secondary N) is 1. The lowest BCUT2D eigenvalue weighted by atomic mass is 10.2. The van der Waals surface area contributed by atoms with Crippen LogP contribution in [0.15, 0.2) is 30.3 Å². The summed E-state index contributed by atoms with van der Waals surface area (Å²) >= 11 is 0. The van der Waals surface area contributed by atoms with Crippen LogP contribution in [0.25, 0.3) is 0 Å². The average Bonchev–Trinajstić information content (AvgIpc) is 2.72. The first-order valence-electron chi connectivity index (χ1n) is 5.68. The van der Waals surface area contributed by atoms with E-state index in [1.54, 1.807) is 0 Å². The Hall–Kier alpha value is -1.84. The number of hydrogen-bond acceptors (Lipinski definition) is 3. The molecule has 1 heterocycles. The first-order chi connectivity index (χ1) is 8.22. The highest BCUT2D eigenvalue weighted by atomic mass is 16.5. The van der Waals surface area contributed by atoms with Crippen molar-refractivity contribution in [1.82, 2.24) is 4.90 Å². The van der Waals surface area contributed by atoms with E-state index in [9.17, 15) is 4.79 Å². The van der Waals surface area contributed by atoms with E-state index in [4.69, 9.17) is 10.1 Å². The third-order valence-corrected chi connectivity index (χ3v) is 3.05. The van der Waals surface area contributed by atoms with E-state index in [1.807, 2.05) is 35.2 Å². The molecule has 1 fully saturated rings. The Morgan fingerprint density at radius 2 is 2.18 bits per heavy atom. The molecule has 0 aromatic heterocycles. The van der Waals surface area contributed by atoms with Gasteiger partial charge < -0.3 is 9.64 Å². The molecule has 1 aliphatic heterocycles. The molecule has 0 spiro atoms. The van der Waals surface area contributed by atoms with Crippen molar-refractivity contribution in [2.24, 2.45) is 0 Å². The predicted octanol–water partition coefficient (Wildman–Crippen LogP) is 1.80. The maximum atomic E-state index is 11.6. The van der Waals surface area contributed by atoms with E-state index in [1.165, 1.54) is 7.11 Å². The van der Waals surface area contributed by atoms with Crippen LogP contribution in [-0.4, -0.2) is 29.9 Å². The van der Waals surface area contributed by atoms with Crippen LogP contribution >= 0.6 is 0 Å². The second kappa shape index (κ2) is 4.99. The number of amidine groups is 1. The van der Waals surface area contributed by atoms with E-state index < -0.39 is 0 Å². The maximum Gasteiger partial charge on any atom is 0.328 e. The lowest BCUT2D eigenvalue weighted by Crippen LogP contribution is -2.38. The van der Waals surface area contributed by atoms with Crippen LogP contribution in [0.5, 0.6) is 0 Å². The molecule has 0 saturated carbocycles. The molecular weight excluding hydrogens is 216 g/mol. The number of esters is 1. The molecule has 1 aromatic rings. The van der Waals surface area contributed by atoms with Crippen molar-refractivity contribution in [3.63, 3.8) is 0 Å². The summed E-state index contributed by atoms with van der Waals surface area (Å²) in [5, 5.41) is 7.87. The molecule has 1 aliphatic rings. The van der Waals surface area contributed by atoms with Crippen molar-refractivity contribution < 1.29 is 9.53 Å². The fourth-order valence-electron chi connectivity index (χ4n) is 2.13. The zero-order valence-corrected chi connectivity index (χ0v) is 9.85. The first-order valence-corrected chi connectivity index (χ1v) is 5.68. The van der Waals surface area contributed by atoms with Gasteiger partial charge in [-0.05, 0) is 12.0 Å². The van der Waals surface area contributed by atoms with Crippen molar-refractivity contribution in [1.29, 1.82) is 5.41 Å². The van der Waals surface area contributed by atoms with E-state index in [2.05, 4.69) is 0 Å². The lowest BCUT2D eigenvalue weighted by Gasteiger charge is -2.24. The predicted molar refractivity (Wildman–Crippen MR) is 64.7 cm³/mol. The van der Waals surface area contributed by atoms with Gasteiger partial charge in [-0.2, -0.15) is 0 Å². The van der Waals surface area contributed by atoms with Gasteiger partial charge in [0.2, 0.25) is 0 Å². The van der Waals surface area contributed by atoms with Gasteiger partial charge in [0.15, 0.2) is 0 Å². The zero-order valence-electron chi connectivity index (χ0n) is 9.85. The molecule has 17 heavy (non-hydrogen) atoms. The Morgan fingerprint density at radius 3 is 2.82 bits per heavy atom. The molecular formula is C13H16N2O2. The van der Waals surface area contributed by atoms with Gasteiger partial charge in [-0.25, -0.2) is 4.79 Å². The number of likely N-dealkylation sites (tertiary alicyclic amines) is 1. The fourth-order valence-corrected chi connectivity index (χ4v) is 2.13. The van der Waals surface area contributed by atoms with Crippen molar-refractivity contribution in [2.45, 2.75) is 25.4 Å². The smallest absolute Gasteiger partial charge is 0.328 e. The Bertz CT molecular complexity index is 417. The normalized spacial score (nSPS) is 19.5. The number of carbonyl (C=O) groups is 1. The third kappa shape index (κ3) is 2.46. The zero-order chi connectivity index (χ0) is 12.3. The van der Waals surface area contributed by atoms with Gasteiger partial charge in [-0.15, -0.1) is 0 Å². The highest BCUT2D eigenvalue weighted by Gasteiger charge is 2.34. The Morgan fingerprint density at radius 1 is 1.47 bits per heavy atom. The number of benzene rings is 1. The lowest BCUT2D eigenvalue weighted by molar-refractivity contribution is -0.145. The fraction of sp³-hybridized carbons (Fsp3) is 0.385. The number of nitrogens with zero attached hydrogens (tertiary/aromatic N) is 1. The van der Waals surface area contributed by atoms with Crippen LogP contribution < -0.4 is 0 Å². The highest BCUT2D eigenvalue weighted by Crippen LogP contribution is 2.22. The molecule has 4 nitrogen and oxygen atoms in total. The van der Waals surface area contributed by atoms with Gasteiger partial charge in [0.25, 0.3) is 0 Å². The molecule has 1 aromatic carbocycles. The first kappa shape index (κ1) is 11.6. The van der Waals surface area contributed by atoms with Crippen molar-refractivity contribution in [3.8, 4) is 0 Å². The molecule has 90 valence electrons. The Labute approximate surface area is 101 Å². The SMILES string of the molecule is COC(=O)[C@@H]1CCC(=N)N1Cc1ccccc1. The average molecular weight is 232 g/mol. The minimum atomic E-state index is -0.298. The summed E-state index contributed by atoms with van der Waals surface area (Å²) in [6.07, 6.45) is 1.32. The van der Waals surface area contributed by atoms with Gasteiger partial charge in [0.05, 0.1) is 12.9 Å². The Balaban J connectivity index is 2.12. The van der Waals surface area contributed by atoms with E-state index in [0.29, 0.717) is 25.2 Å². The molecule has 0 unspecified atom stereocenters. The molecule has 1 atom stereocenters. The summed E-state index contributed by atoms with van der Waals surface area (Å²) in [6, 6.07) is 9.58. The number of ether oxygens (including phenoxy) is 1. The summed E-state index contributed by atoms with van der Waals surface area (Å²) in [5.74, 6) is 0.271. The monoisotopic (exact) mass is 232 g/mol. The second-order valence-electron chi connectivity index (χ2n) is 4.14. The summed E-state index contributed by atoms with van der Waals surface area (Å²) in [5.41, 5.74) is 1.10. The standard InChI is InChI=1S/C13H16N2O2/c1-17-13(16)11-7-8-12(14)15(11)9-10-5-3-2-4-6-10/h2-6,11,14H,7-9H2,1H3/t11-/m0/s1. The number of methoxy groups -OCH3 is 1. The molecule has 0 radical (unpaired) electrons. The van der Waals surface area contributed by atoms with Crippen LogP contribution in [0.1, 0.15) is 18.4 Å². The second-order valence-corrected chi connectivity index (χ2v) is 4.14. The largest absolute Gasteiger partial charge is 0.467 e. The van der Waals surface area contributed by atoms with Crippen molar-refractivity contribution in [3.05, 3.63) is 35.9 Å². The number of carbonyl (C=O) groups excluding carboxylic acids is 1. The molecule has 2 rings (SSSR count). The number of hydrogen-bond donors (Lipinski definition) is 1. The topological polar surface area (TPSA) is 53.4 Å². The molecule has 0 bridgehead atoms. The van der Waals surface area contributed by atoms with E-state index in [-0.39, 0.29) is 12.0 Å². The summed E-state index contributed by atoms with van der Waals surface area (Å²) in [7, 11) is 1.39. The van der Waals surface area contributed by atoms with Crippen LogP contribution in [-0.2, 0) is 16.1 Å². The molecule has 1 N–H and O–H groups in total. The Kier molecular flexibility index (Phi) is 3.42. The minimum absolute atomic E-state index is 0.247. The summed E-state index contributed by atoms with van der Waals surface area (Å²) < 4.78 is 4.77. The number of rotatable bonds is 3. The van der Waals surface area contributed by atoms with E-state index >= 15 is 0 Å². The van der Waals surface area contributed by atoms with Gasteiger partial charge in [0.1, 0.15) is 6.04 Å². The molecule has 0 amide bonds. The van der Waals surface area contributed by atoms with Crippen molar-refractivity contribution >= 4 is 11.8 Å². The van der Waals surface area contributed by atoms with E-state index in [0.717, 1.165) is 5.56 Å². The maximum absolute atomic E-state index is 11.6. The summed E-state index contributed by atoms with van der Waals surface area (Å²) in [4.78, 5) is 13.4. The molecule has 0 aliphatic carbocycles. The van der Waals surface area contributed by atoms with Crippen LogP contribution in [0.3, 0.4) is 0 Å². The third-order valence-electron chi connectivity index (χ3n) is 3.05. The van der Waals surface area contributed by atoms with Crippen molar-refractivity contribution in [2.75, 3.05) is 7.11 Å². The summed E-state index contributed by atoms with van der Waals surface area (Å²) in [6.45, 7) is 0.597. The van der Waals surface area contributed by atoms with Gasteiger partial charge in [0, 0.05) is 13.0 Å². The molecule has 1 saturated heterocycles. The van der Waals surface area contributed by atoms with Gasteiger partial charge >= 0.3 is 5.97 Å². The van der Waals surface area contributed by atoms with Crippen LogP contribution in [0, 0.1) is 5.41 Å². The van der Waals surface area contributed by atoms with Gasteiger partial charge in [-0.3, -0.25) is 5.41 Å². The quantitative estimate of drug-likeness (QED) is 0.808. The minimum Gasteiger partial charge on any atom is -0.467 e. The van der Waals surface area contributed by atoms with Gasteiger partial charge in [-0.1, -0.05) is 30.3 Å². The molecule has 4 heteroatoms.